The van der Waals surface area contributed by atoms with E-state index in [0.29, 0.717) is 24.6 Å². The first-order valence-electron chi connectivity index (χ1n) is 7.38. The molecular weight excluding hydrogens is 320 g/mol. The number of hydrogen-bond acceptors (Lipinski definition) is 5. The zero-order valence-electron chi connectivity index (χ0n) is 13.5. The molecule has 0 bridgehead atoms. The van der Waals surface area contributed by atoms with Gasteiger partial charge in [-0.2, -0.15) is 4.31 Å². The maximum absolute atomic E-state index is 12.4. The van der Waals surface area contributed by atoms with Gasteiger partial charge in [0, 0.05) is 31.5 Å². The molecule has 0 unspecified atom stereocenters. The lowest BCUT2D eigenvalue weighted by Gasteiger charge is -2.22. The van der Waals surface area contributed by atoms with Crippen molar-refractivity contribution in [1.82, 2.24) is 4.31 Å². The molecule has 1 amide bonds. The van der Waals surface area contributed by atoms with Crippen molar-refractivity contribution in [3.63, 3.8) is 0 Å². The van der Waals surface area contributed by atoms with E-state index >= 15 is 0 Å². The molecule has 8 heteroatoms. The fraction of sp³-hybridized carbons (Fsp3) is 0.533. The lowest BCUT2D eigenvalue weighted by atomic mass is 10.1. The highest BCUT2D eigenvalue weighted by atomic mass is 32.2. The van der Waals surface area contributed by atoms with E-state index < -0.39 is 15.3 Å². The molecule has 0 saturated carbocycles. The first kappa shape index (κ1) is 17.7. The van der Waals surface area contributed by atoms with Gasteiger partial charge in [-0.05, 0) is 32.0 Å². The highest BCUT2D eigenvalue weighted by molar-refractivity contribution is 7.89. The molecule has 1 aromatic rings. The number of benzene rings is 1. The highest BCUT2D eigenvalue weighted by Gasteiger charge is 2.28. The number of ether oxygens (including phenoxy) is 2. The quantitative estimate of drug-likeness (QED) is 0.869. The van der Waals surface area contributed by atoms with Gasteiger partial charge in [0.15, 0.2) is 0 Å². The molecular formula is C15H22N2O5S. The van der Waals surface area contributed by atoms with Gasteiger partial charge in [-0.15, -0.1) is 0 Å². The summed E-state index contributed by atoms with van der Waals surface area (Å²) in [7, 11) is -1.92. The van der Waals surface area contributed by atoms with Crippen molar-refractivity contribution in [1.29, 1.82) is 0 Å². The zero-order valence-corrected chi connectivity index (χ0v) is 14.4. The van der Waals surface area contributed by atoms with Crippen LogP contribution in [0.5, 0.6) is 5.75 Å². The van der Waals surface area contributed by atoms with Crippen LogP contribution >= 0.6 is 0 Å². The van der Waals surface area contributed by atoms with Crippen LogP contribution in [-0.4, -0.2) is 50.7 Å². The second-order valence-corrected chi connectivity index (χ2v) is 8.07. The first-order valence-corrected chi connectivity index (χ1v) is 8.88. The smallest absolute Gasteiger partial charge is 0.250 e. The molecule has 0 aliphatic carbocycles. The SMILES string of the molecule is COCC(=O)Nc1ccc2c(c1)CN(S(=O)(=O)C(C)C)CCO2. The highest BCUT2D eigenvalue weighted by Crippen LogP contribution is 2.28. The van der Waals surface area contributed by atoms with Crippen molar-refractivity contribution >= 4 is 21.6 Å². The van der Waals surface area contributed by atoms with Crippen LogP contribution in [0, 0.1) is 0 Å². The topological polar surface area (TPSA) is 84.9 Å². The van der Waals surface area contributed by atoms with Crippen molar-refractivity contribution in [2.24, 2.45) is 0 Å². The Morgan fingerprint density at radius 2 is 2.17 bits per heavy atom. The Labute approximate surface area is 136 Å². The zero-order chi connectivity index (χ0) is 17.0. The van der Waals surface area contributed by atoms with Crippen LogP contribution in [0.3, 0.4) is 0 Å². The number of rotatable bonds is 5. The Morgan fingerprint density at radius 3 is 2.83 bits per heavy atom. The molecule has 1 aromatic carbocycles. The number of fused-ring (bicyclic) bond motifs is 1. The van der Waals surface area contributed by atoms with Gasteiger partial charge in [0.1, 0.15) is 19.0 Å². The van der Waals surface area contributed by atoms with Crippen LogP contribution in [0.25, 0.3) is 0 Å². The summed E-state index contributed by atoms with van der Waals surface area (Å²) in [4.78, 5) is 11.6. The molecule has 0 fully saturated rings. The third-order valence-corrected chi connectivity index (χ3v) is 5.74. The molecule has 0 radical (unpaired) electrons. The van der Waals surface area contributed by atoms with E-state index in [0.717, 1.165) is 5.56 Å². The van der Waals surface area contributed by atoms with E-state index in [4.69, 9.17) is 9.47 Å². The first-order chi connectivity index (χ1) is 10.8. The average molecular weight is 342 g/mol. The summed E-state index contributed by atoms with van der Waals surface area (Å²) < 4.78 is 36.6. The molecule has 1 heterocycles. The predicted molar refractivity (Wildman–Crippen MR) is 86.9 cm³/mol. The average Bonchev–Trinajstić information content (AvgIpc) is 2.69. The molecule has 128 valence electrons. The lowest BCUT2D eigenvalue weighted by molar-refractivity contribution is -0.119. The van der Waals surface area contributed by atoms with Crippen molar-refractivity contribution in [2.75, 3.05) is 32.2 Å². The number of amides is 1. The summed E-state index contributed by atoms with van der Waals surface area (Å²) in [6.07, 6.45) is 0. The van der Waals surface area contributed by atoms with Gasteiger partial charge in [0.05, 0.1) is 5.25 Å². The molecule has 1 N–H and O–H groups in total. The van der Waals surface area contributed by atoms with Crippen LogP contribution in [-0.2, 0) is 26.1 Å². The van der Waals surface area contributed by atoms with E-state index in [1.54, 1.807) is 32.0 Å². The number of methoxy groups -OCH3 is 1. The molecule has 7 nitrogen and oxygen atoms in total. The number of sulfonamides is 1. The lowest BCUT2D eigenvalue weighted by Crippen LogP contribution is -2.37. The number of anilines is 1. The summed E-state index contributed by atoms with van der Waals surface area (Å²) in [6, 6.07) is 5.19. The Morgan fingerprint density at radius 1 is 1.43 bits per heavy atom. The molecule has 2 rings (SSSR count). The van der Waals surface area contributed by atoms with Crippen LogP contribution in [0.4, 0.5) is 5.69 Å². The summed E-state index contributed by atoms with van der Waals surface area (Å²) in [5.74, 6) is 0.366. The molecule has 0 atom stereocenters. The second kappa shape index (κ2) is 7.29. The number of carbonyl (C=O) groups is 1. The summed E-state index contributed by atoms with van der Waals surface area (Å²) in [5.41, 5.74) is 1.31. The molecule has 1 aliphatic heterocycles. The summed E-state index contributed by atoms with van der Waals surface area (Å²) >= 11 is 0. The van der Waals surface area contributed by atoms with Crippen LogP contribution in [0.2, 0.25) is 0 Å². The summed E-state index contributed by atoms with van der Waals surface area (Å²) in [5, 5.41) is 2.21. The van der Waals surface area contributed by atoms with E-state index in [9.17, 15) is 13.2 Å². The normalized spacial score (nSPS) is 15.7. The van der Waals surface area contributed by atoms with E-state index in [1.165, 1.54) is 11.4 Å². The minimum Gasteiger partial charge on any atom is -0.492 e. The molecule has 0 spiro atoms. The van der Waals surface area contributed by atoms with Gasteiger partial charge < -0.3 is 14.8 Å². The van der Waals surface area contributed by atoms with Gasteiger partial charge in [-0.3, -0.25) is 4.79 Å². The molecule has 0 saturated heterocycles. The molecule has 1 aliphatic rings. The standard InChI is InChI=1S/C15H22N2O5S/c1-11(2)23(19,20)17-6-7-22-14-5-4-13(8-12(14)9-17)16-15(18)10-21-3/h4-5,8,11H,6-7,9-10H2,1-3H3,(H,16,18). The molecule has 23 heavy (non-hydrogen) atoms. The minimum absolute atomic E-state index is 0.0402. The monoisotopic (exact) mass is 342 g/mol. The van der Waals surface area contributed by atoms with Crippen LogP contribution < -0.4 is 10.1 Å². The maximum atomic E-state index is 12.4. The van der Waals surface area contributed by atoms with Crippen molar-refractivity contribution in [3.05, 3.63) is 23.8 Å². The largest absolute Gasteiger partial charge is 0.492 e. The van der Waals surface area contributed by atoms with Crippen LogP contribution in [0.15, 0.2) is 18.2 Å². The van der Waals surface area contributed by atoms with Crippen molar-refractivity contribution in [3.8, 4) is 5.75 Å². The number of carbonyl (C=O) groups excluding carboxylic acids is 1. The van der Waals surface area contributed by atoms with Gasteiger partial charge in [0.25, 0.3) is 0 Å². The third-order valence-electron chi connectivity index (χ3n) is 3.52. The van der Waals surface area contributed by atoms with Crippen LogP contribution in [0.1, 0.15) is 19.4 Å². The van der Waals surface area contributed by atoms with Crippen molar-refractivity contribution < 1.29 is 22.7 Å². The Kier molecular flexibility index (Phi) is 5.61. The second-order valence-electron chi connectivity index (χ2n) is 5.58. The van der Waals surface area contributed by atoms with Crippen molar-refractivity contribution in [2.45, 2.75) is 25.6 Å². The Bertz CT molecular complexity index is 672. The molecule has 0 aromatic heterocycles. The Balaban J connectivity index is 2.24. The third kappa shape index (κ3) is 4.21. The fourth-order valence-electron chi connectivity index (χ4n) is 2.29. The number of nitrogens with one attached hydrogen (secondary N) is 1. The number of hydrogen-bond donors (Lipinski definition) is 1. The summed E-state index contributed by atoms with van der Waals surface area (Å²) in [6.45, 7) is 4.10. The predicted octanol–water partition coefficient (Wildman–Crippen LogP) is 1.20. The van der Waals surface area contributed by atoms with Gasteiger partial charge in [0.2, 0.25) is 15.9 Å². The van der Waals surface area contributed by atoms with E-state index in [-0.39, 0.29) is 19.1 Å². The van der Waals surface area contributed by atoms with Gasteiger partial charge in [-0.1, -0.05) is 0 Å². The van der Waals surface area contributed by atoms with E-state index in [1.807, 2.05) is 0 Å². The van der Waals surface area contributed by atoms with Gasteiger partial charge in [-0.25, -0.2) is 8.42 Å². The number of nitrogens with zero attached hydrogens (tertiary/aromatic N) is 1. The Hall–Kier alpha value is -1.64. The maximum Gasteiger partial charge on any atom is 0.250 e. The fourth-order valence-corrected chi connectivity index (χ4v) is 3.54. The van der Waals surface area contributed by atoms with Gasteiger partial charge >= 0.3 is 0 Å². The van der Waals surface area contributed by atoms with E-state index in [2.05, 4.69) is 5.32 Å². The minimum atomic E-state index is -3.36.